The molecule has 0 bridgehead atoms. The summed E-state index contributed by atoms with van der Waals surface area (Å²) in [6.07, 6.45) is 2.55. The lowest BCUT2D eigenvalue weighted by Crippen LogP contribution is -2.38. The average molecular weight is 408 g/mol. The van der Waals surface area contributed by atoms with E-state index in [9.17, 15) is 13.2 Å². The summed E-state index contributed by atoms with van der Waals surface area (Å²) in [5, 5.41) is 4.37. The number of nitrogens with one attached hydrogen (secondary N) is 1. The summed E-state index contributed by atoms with van der Waals surface area (Å²) in [5.41, 5.74) is 4.74. The Kier molecular flexibility index (Phi) is 6.98. The minimum absolute atomic E-state index is 0.352. The summed E-state index contributed by atoms with van der Waals surface area (Å²) in [6, 6.07) is 14.0. The molecule has 1 N–H and O–H groups in total. The van der Waals surface area contributed by atoms with Crippen LogP contribution in [0.4, 0.5) is 5.69 Å². The Labute approximate surface area is 164 Å². The summed E-state index contributed by atoms with van der Waals surface area (Å²) < 4.78 is 25.0. The molecule has 0 saturated carbocycles. The number of hydrogen-bond acceptors (Lipinski definition) is 4. The summed E-state index contributed by atoms with van der Waals surface area (Å²) in [4.78, 5) is 12.1. The quantitative estimate of drug-likeness (QED) is 0.564. The summed E-state index contributed by atoms with van der Waals surface area (Å²) in [7, 11) is -3.64. The molecule has 0 radical (unpaired) electrons. The Hall–Kier alpha value is -2.38. The van der Waals surface area contributed by atoms with E-state index in [-0.39, 0.29) is 6.54 Å². The number of benzene rings is 2. The van der Waals surface area contributed by atoms with Crippen molar-refractivity contribution < 1.29 is 13.2 Å². The Morgan fingerprint density at radius 2 is 1.74 bits per heavy atom. The second-order valence-corrected chi connectivity index (χ2v) is 8.70. The van der Waals surface area contributed by atoms with Crippen molar-refractivity contribution in [1.29, 1.82) is 0 Å². The third-order valence-corrected chi connectivity index (χ3v) is 5.20. The normalized spacial score (nSPS) is 11.7. The number of rotatable bonds is 7. The molecule has 144 valence electrons. The first-order valence-corrected chi connectivity index (χ1v) is 10.5. The lowest BCUT2D eigenvalue weighted by molar-refractivity contribution is -0.119. The fraction of sp³-hybridized carbons (Fsp3) is 0.263. The zero-order valence-electron chi connectivity index (χ0n) is 15.4. The van der Waals surface area contributed by atoms with E-state index in [0.717, 1.165) is 16.1 Å². The van der Waals surface area contributed by atoms with Gasteiger partial charge in [-0.15, -0.1) is 0 Å². The van der Waals surface area contributed by atoms with Gasteiger partial charge in [0.15, 0.2) is 0 Å². The number of sulfonamides is 1. The predicted molar refractivity (Wildman–Crippen MR) is 110 cm³/mol. The first-order chi connectivity index (χ1) is 12.7. The van der Waals surface area contributed by atoms with Crippen LogP contribution < -0.4 is 9.73 Å². The highest BCUT2D eigenvalue weighted by Crippen LogP contribution is 2.20. The van der Waals surface area contributed by atoms with Gasteiger partial charge in [-0.1, -0.05) is 49.7 Å². The molecule has 0 fully saturated rings. The number of amides is 1. The number of hydrogen-bond donors (Lipinski definition) is 1. The molecule has 0 heterocycles. The highest BCUT2D eigenvalue weighted by atomic mass is 35.5. The molecule has 0 aromatic heterocycles. The average Bonchev–Trinajstić information content (AvgIpc) is 2.60. The van der Waals surface area contributed by atoms with Gasteiger partial charge in [0.2, 0.25) is 10.0 Å². The van der Waals surface area contributed by atoms with Crippen molar-refractivity contribution in [2.45, 2.75) is 19.8 Å². The van der Waals surface area contributed by atoms with E-state index in [0.29, 0.717) is 16.6 Å². The van der Waals surface area contributed by atoms with Crippen molar-refractivity contribution in [3.63, 3.8) is 0 Å². The maximum absolute atomic E-state index is 12.1. The molecule has 0 unspecified atom stereocenters. The van der Waals surface area contributed by atoms with Crippen LogP contribution in [-0.4, -0.2) is 33.3 Å². The smallest absolute Gasteiger partial charge is 0.260 e. The van der Waals surface area contributed by atoms with E-state index in [1.165, 1.54) is 23.9 Å². The van der Waals surface area contributed by atoms with E-state index >= 15 is 0 Å². The molecule has 0 aliphatic heterocycles. The van der Waals surface area contributed by atoms with E-state index < -0.39 is 15.9 Å². The van der Waals surface area contributed by atoms with Crippen LogP contribution in [0.15, 0.2) is 53.6 Å². The van der Waals surface area contributed by atoms with E-state index in [4.69, 9.17) is 11.6 Å². The second-order valence-electron chi connectivity index (χ2n) is 6.36. The van der Waals surface area contributed by atoms with Gasteiger partial charge < -0.3 is 0 Å². The van der Waals surface area contributed by atoms with Crippen molar-refractivity contribution in [2.75, 3.05) is 17.1 Å². The zero-order valence-corrected chi connectivity index (χ0v) is 17.0. The minimum atomic E-state index is -3.64. The van der Waals surface area contributed by atoms with Gasteiger partial charge in [-0.25, -0.2) is 13.8 Å². The number of anilines is 1. The molecule has 0 spiro atoms. The number of hydrazone groups is 1. The molecular formula is C19H22ClN3O3S. The van der Waals surface area contributed by atoms with Crippen LogP contribution in [0.2, 0.25) is 5.02 Å². The maximum Gasteiger partial charge on any atom is 0.260 e. The van der Waals surface area contributed by atoms with Crippen molar-refractivity contribution >= 4 is 39.4 Å². The molecule has 0 saturated heterocycles. The molecule has 0 aliphatic carbocycles. The van der Waals surface area contributed by atoms with Crippen LogP contribution in [-0.2, 0) is 14.8 Å². The molecule has 1 amide bonds. The number of carbonyl (C=O) groups is 1. The van der Waals surface area contributed by atoms with E-state index in [2.05, 4.69) is 24.4 Å². The van der Waals surface area contributed by atoms with Crippen LogP contribution in [0.25, 0.3) is 0 Å². The highest BCUT2D eigenvalue weighted by Gasteiger charge is 2.20. The van der Waals surface area contributed by atoms with Gasteiger partial charge in [0.1, 0.15) is 6.54 Å². The topological polar surface area (TPSA) is 78.8 Å². The van der Waals surface area contributed by atoms with Crippen LogP contribution in [0.5, 0.6) is 0 Å². The Balaban J connectivity index is 2.02. The lowest BCUT2D eigenvalue weighted by Gasteiger charge is -2.21. The van der Waals surface area contributed by atoms with Gasteiger partial charge in [-0.05, 0) is 41.3 Å². The molecule has 0 aliphatic rings. The van der Waals surface area contributed by atoms with Gasteiger partial charge in [-0.3, -0.25) is 9.10 Å². The molecule has 2 aromatic carbocycles. The van der Waals surface area contributed by atoms with Gasteiger partial charge in [0, 0.05) is 5.02 Å². The summed E-state index contributed by atoms with van der Waals surface area (Å²) >= 11 is 5.82. The molecule has 8 heteroatoms. The van der Waals surface area contributed by atoms with Crippen molar-refractivity contribution in [2.24, 2.45) is 5.10 Å². The van der Waals surface area contributed by atoms with Crippen LogP contribution in [0, 0.1) is 0 Å². The third kappa shape index (κ3) is 6.37. The molecule has 6 nitrogen and oxygen atoms in total. The number of halogens is 1. The Morgan fingerprint density at radius 1 is 1.15 bits per heavy atom. The fourth-order valence-electron chi connectivity index (χ4n) is 2.32. The van der Waals surface area contributed by atoms with E-state index in [1.807, 2.05) is 24.3 Å². The maximum atomic E-state index is 12.1. The van der Waals surface area contributed by atoms with Crippen molar-refractivity contribution in [3.05, 3.63) is 64.7 Å². The third-order valence-electron chi connectivity index (χ3n) is 3.81. The van der Waals surface area contributed by atoms with Gasteiger partial charge >= 0.3 is 0 Å². The van der Waals surface area contributed by atoms with E-state index in [1.54, 1.807) is 12.1 Å². The van der Waals surface area contributed by atoms with Crippen LogP contribution in [0.3, 0.4) is 0 Å². The number of nitrogens with zero attached hydrogens (tertiary/aromatic N) is 2. The van der Waals surface area contributed by atoms with Crippen molar-refractivity contribution in [1.82, 2.24) is 5.43 Å². The zero-order chi connectivity index (χ0) is 20.0. The summed E-state index contributed by atoms with van der Waals surface area (Å²) in [5.74, 6) is -0.115. The molecule has 2 rings (SSSR count). The van der Waals surface area contributed by atoms with Crippen LogP contribution >= 0.6 is 11.6 Å². The second kappa shape index (κ2) is 9.01. The van der Waals surface area contributed by atoms with Gasteiger partial charge in [-0.2, -0.15) is 5.10 Å². The van der Waals surface area contributed by atoms with Gasteiger partial charge in [0.25, 0.3) is 5.91 Å². The molecule has 0 atom stereocenters. The largest absolute Gasteiger partial charge is 0.271 e. The molecule has 27 heavy (non-hydrogen) atoms. The van der Waals surface area contributed by atoms with Crippen LogP contribution in [0.1, 0.15) is 30.9 Å². The Bertz CT molecular complexity index is 908. The molecule has 2 aromatic rings. The predicted octanol–water partition coefficient (Wildman–Crippen LogP) is 3.38. The monoisotopic (exact) mass is 407 g/mol. The highest BCUT2D eigenvalue weighted by molar-refractivity contribution is 7.92. The fourth-order valence-corrected chi connectivity index (χ4v) is 3.30. The lowest BCUT2D eigenvalue weighted by atomic mass is 10.0. The first-order valence-electron chi connectivity index (χ1n) is 8.32. The SMILES string of the molecule is CC(C)c1ccc(/C=N\NC(=O)CN(c2ccc(Cl)cc2)S(C)(=O)=O)cc1. The standard InChI is InChI=1S/C19H22ClN3O3S/c1-14(2)16-6-4-15(5-7-16)12-21-22-19(24)13-23(27(3,25)26)18-10-8-17(20)9-11-18/h4-12,14H,13H2,1-3H3,(H,22,24)/b21-12-. The summed E-state index contributed by atoms with van der Waals surface area (Å²) in [6.45, 7) is 3.83. The van der Waals surface area contributed by atoms with Crippen molar-refractivity contribution in [3.8, 4) is 0 Å². The first kappa shape index (κ1) is 20.9. The molecular weight excluding hydrogens is 386 g/mol. The van der Waals surface area contributed by atoms with Gasteiger partial charge in [0.05, 0.1) is 18.2 Å². The Morgan fingerprint density at radius 3 is 2.26 bits per heavy atom. The number of carbonyl (C=O) groups excluding carboxylic acids is 1. The minimum Gasteiger partial charge on any atom is -0.271 e.